The highest BCUT2D eigenvalue weighted by Gasteiger charge is 2.11. The number of methoxy groups -OCH3 is 1. The van der Waals surface area contributed by atoms with Crippen LogP contribution in [0.1, 0.15) is 17.0 Å². The van der Waals surface area contributed by atoms with Gasteiger partial charge in [0, 0.05) is 12.1 Å². The molecule has 0 unspecified atom stereocenters. The van der Waals surface area contributed by atoms with Gasteiger partial charge in [0.15, 0.2) is 0 Å². The van der Waals surface area contributed by atoms with Gasteiger partial charge in [0.25, 0.3) is 0 Å². The fourth-order valence-corrected chi connectivity index (χ4v) is 2.06. The molecule has 0 aliphatic heterocycles. The van der Waals surface area contributed by atoms with Gasteiger partial charge < -0.3 is 9.84 Å². The number of ether oxygens (including phenoxy) is 1. The molecule has 1 aromatic heterocycles. The summed E-state index contributed by atoms with van der Waals surface area (Å²) in [5.74, 6) is 0.720. The molecular formula is C16H19N2O3+. The molecule has 2 rings (SSSR count). The van der Waals surface area contributed by atoms with Gasteiger partial charge in [-0.3, -0.25) is 0 Å². The minimum absolute atomic E-state index is 0.0804. The van der Waals surface area contributed by atoms with E-state index in [0.717, 1.165) is 17.0 Å². The number of hydrogen-bond donors (Lipinski definition) is 1. The normalized spacial score (nSPS) is 11.0. The van der Waals surface area contributed by atoms with E-state index in [2.05, 4.69) is 0 Å². The highest BCUT2D eigenvalue weighted by atomic mass is 16.5. The third-order valence-electron chi connectivity index (χ3n) is 3.44. The van der Waals surface area contributed by atoms with Gasteiger partial charge in [-0.1, -0.05) is 6.08 Å². The van der Waals surface area contributed by atoms with Crippen LogP contribution in [0.3, 0.4) is 0 Å². The summed E-state index contributed by atoms with van der Waals surface area (Å²) in [6, 6.07) is 6.91. The van der Waals surface area contributed by atoms with E-state index in [0.29, 0.717) is 5.75 Å². The molecule has 5 nitrogen and oxygen atoms in total. The lowest BCUT2D eigenvalue weighted by molar-refractivity contribution is -0.692. The molecule has 0 saturated heterocycles. The van der Waals surface area contributed by atoms with Gasteiger partial charge in [-0.25, -0.2) is 0 Å². The van der Waals surface area contributed by atoms with Gasteiger partial charge in [0.2, 0.25) is 0 Å². The predicted molar refractivity (Wildman–Crippen MR) is 81.2 cm³/mol. The van der Waals surface area contributed by atoms with Crippen LogP contribution in [0.15, 0.2) is 29.1 Å². The van der Waals surface area contributed by atoms with Gasteiger partial charge in [0.1, 0.15) is 22.9 Å². The minimum Gasteiger partial charge on any atom is -0.508 e. The summed E-state index contributed by atoms with van der Waals surface area (Å²) in [5, 5.41) is 9.63. The van der Waals surface area contributed by atoms with Crippen molar-refractivity contribution in [2.45, 2.75) is 6.92 Å². The van der Waals surface area contributed by atoms with Crippen molar-refractivity contribution < 1.29 is 14.4 Å². The van der Waals surface area contributed by atoms with Crippen molar-refractivity contribution in [3.63, 3.8) is 0 Å². The maximum atomic E-state index is 12.0. The number of phenolic OH excluding ortho intramolecular Hbond substituents is 1. The number of phenols is 1. The molecule has 0 bridgehead atoms. The Hall–Kier alpha value is -2.56. The summed E-state index contributed by atoms with van der Waals surface area (Å²) < 4.78 is 8.28. The fraction of sp³-hybridized carbons (Fsp3) is 0.250. The molecule has 5 heteroatoms. The standard InChI is InChI=1S/C16H18N2O3/c1-11-7-13(18(3)16(20)17(11)2)6-5-12-8-14(19)10-15(9-12)21-4/h5-10H,1-4H3/p+1. The van der Waals surface area contributed by atoms with Crippen molar-refractivity contribution >= 4 is 12.2 Å². The van der Waals surface area contributed by atoms with Crippen molar-refractivity contribution in [1.29, 1.82) is 0 Å². The van der Waals surface area contributed by atoms with Crippen LogP contribution in [0.2, 0.25) is 0 Å². The Morgan fingerprint density at radius 1 is 1.24 bits per heavy atom. The summed E-state index contributed by atoms with van der Waals surface area (Å²) >= 11 is 0. The maximum Gasteiger partial charge on any atom is 0.498 e. The summed E-state index contributed by atoms with van der Waals surface area (Å²) in [4.78, 5) is 12.0. The first-order valence-electron chi connectivity index (χ1n) is 6.55. The first-order valence-corrected chi connectivity index (χ1v) is 6.55. The maximum absolute atomic E-state index is 12.0. The number of aryl methyl sites for hydroxylation is 1. The Bertz CT molecular complexity index is 761. The van der Waals surface area contributed by atoms with E-state index in [1.165, 1.54) is 0 Å². The van der Waals surface area contributed by atoms with Crippen LogP contribution < -0.4 is 15.0 Å². The minimum atomic E-state index is -0.0804. The molecule has 0 aliphatic carbocycles. The molecule has 0 fully saturated rings. The Morgan fingerprint density at radius 3 is 2.62 bits per heavy atom. The number of benzene rings is 1. The number of hydrogen-bond acceptors (Lipinski definition) is 3. The monoisotopic (exact) mass is 287 g/mol. The van der Waals surface area contributed by atoms with Crippen LogP contribution in [0.25, 0.3) is 12.2 Å². The van der Waals surface area contributed by atoms with Crippen LogP contribution in [0.4, 0.5) is 0 Å². The summed E-state index contributed by atoms with van der Waals surface area (Å²) in [6.45, 7) is 1.89. The fourth-order valence-electron chi connectivity index (χ4n) is 2.06. The van der Waals surface area contributed by atoms with Crippen molar-refractivity contribution in [3.05, 3.63) is 51.7 Å². The topological polar surface area (TPSA) is 55.3 Å². The van der Waals surface area contributed by atoms with Gasteiger partial charge in [-0.2, -0.15) is 13.9 Å². The molecule has 0 radical (unpaired) electrons. The predicted octanol–water partition coefficient (Wildman–Crippen LogP) is 1.40. The molecule has 1 aromatic carbocycles. The van der Waals surface area contributed by atoms with Gasteiger partial charge in [-0.05, 0) is 30.7 Å². The third-order valence-corrected chi connectivity index (χ3v) is 3.44. The zero-order valence-corrected chi connectivity index (χ0v) is 12.6. The Kier molecular flexibility index (Phi) is 4.12. The third kappa shape index (κ3) is 3.13. The second kappa shape index (κ2) is 5.83. The highest BCUT2D eigenvalue weighted by Crippen LogP contribution is 2.22. The van der Waals surface area contributed by atoms with E-state index in [1.807, 2.05) is 31.2 Å². The average molecular weight is 287 g/mol. The SMILES string of the molecule is COc1cc(O)cc(C=Cc2cc(C)n(C)c(=O)[n+]2C)c1. The molecule has 0 atom stereocenters. The van der Waals surface area contributed by atoms with Crippen molar-refractivity contribution in [1.82, 2.24) is 4.57 Å². The zero-order chi connectivity index (χ0) is 15.6. The van der Waals surface area contributed by atoms with Crippen molar-refractivity contribution in [2.24, 2.45) is 14.1 Å². The quantitative estimate of drug-likeness (QED) is 0.868. The molecule has 1 N–H and O–H groups in total. The molecule has 0 amide bonds. The molecule has 0 saturated carbocycles. The van der Waals surface area contributed by atoms with E-state index in [-0.39, 0.29) is 11.4 Å². The number of rotatable bonds is 3. The van der Waals surface area contributed by atoms with E-state index in [4.69, 9.17) is 4.74 Å². The molecular weight excluding hydrogens is 268 g/mol. The zero-order valence-electron chi connectivity index (χ0n) is 12.6. The Morgan fingerprint density at radius 2 is 1.95 bits per heavy atom. The lowest BCUT2D eigenvalue weighted by Crippen LogP contribution is -2.53. The van der Waals surface area contributed by atoms with Crippen LogP contribution >= 0.6 is 0 Å². The average Bonchev–Trinajstić information content (AvgIpc) is 2.46. The van der Waals surface area contributed by atoms with E-state index in [1.54, 1.807) is 42.5 Å². The molecule has 0 spiro atoms. The van der Waals surface area contributed by atoms with E-state index < -0.39 is 0 Å². The van der Waals surface area contributed by atoms with Gasteiger partial charge in [-0.15, -0.1) is 0 Å². The molecule has 21 heavy (non-hydrogen) atoms. The van der Waals surface area contributed by atoms with Gasteiger partial charge in [0.05, 0.1) is 21.2 Å². The van der Waals surface area contributed by atoms with Crippen molar-refractivity contribution in [2.75, 3.05) is 7.11 Å². The summed E-state index contributed by atoms with van der Waals surface area (Å²) in [6.07, 6.45) is 3.67. The largest absolute Gasteiger partial charge is 0.508 e. The van der Waals surface area contributed by atoms with E-state index in [9.17, 15) is 9.90 Å². The highest BCUT2D eigenvalue weighted by molar-refractivity contribution is 5.68. The van der Waals surface area contributed by atoms with Crippen molar-refractivity contribution in [3.8, 4) is 11.5 Å². The summed E-state index contributed by atoms with van der Waals surface area (Å²) in [7, 11) is 5.02. The lowest BCUT2D eigenvalue weighted by atomic mass is 10.1. The Balaban J connectivity index is 2.43. The second-order valence-electron chi connectivity index (χ2n) is 4.91. The number of nitrogens with zero attached hydrogens (tertiary/aromatic N) is 2. The van der Waals surface area contributed by atoms with Crippen LogP contribution in [0, 0.1) is 6.92 Å². The van der Waals surface area contributed by atoms with Gasteiger partial charge >= 0.3 is 5.69 Å². The van der Waals surface area contributed by atoms with Crippen LogP contribution in [0.5, 0.6) is 11.5 Å². The molecule has 1 heterocycles. The number of aromatic nitrogens is 2. The molecule has 2 aromatic rings. The second-order valence-corrected chi connectivity index (χ2v) is 4.91. The first-order chi connectivity index (χ1) is 9.92. The van der Waals surface area contributed by atoms with Crippen LogP contribution in [-0.4, -0.2) is 16.8 Å². The summed E-state index contributed by atoms with van der Waals surface area (Å²) in [5.41, 5.74) is 2.39. The first kappa shape index (κ1) is 14.8. The molecule has 0 aliphatic rings. The lowest BCUT2D eigenvalue weighted by Gasteiger charge is -2.03. The van der Waals surface area contributed by atoms with E-state index >= 15 is 0 Å². The van der Waals surface area contributed by atoms with Crippen LogP contribution in [-0.2, 0) is 14.1 Å². The smallest absolute Gasteiger partial charge is 0.498 e. The molecule has 110 valence electrons. The number of aromatic hydroxyl groups is 1. The Labute approximate surface area is 123 Å².